The summed E-state index contributed by atoms with van der Waals surface area (Å²) in [6.45, 7) is 2.12. The molecule has 0 aliphatic rings. The molecule has 1 aromatic heterocycles. The third-order valence-corrected chi connectivity index (χ3v) is 3.91. The number of nitrogens with one attached hydrogen (secondary N) is 1. The zero-order valence-corrected chi connectivity index (χ0v) is 12.9. The van der Waals surface area contributed by atoms with E-state index in [2.05, 4.69) is 17.2 Å². The zero-order valence-electron chi connectivity index (χ0n) is 11.4. The highest BCUT2D eigenvalue weighted by Gasteiger charge is 2.07. The van der Waals surface area contributed by atoms with Crippen molar-refractivity contribution in [1.82, 2.24) is 4.98 Å². The van der Waals surface area contributed by atoms with Crippen LogP contribution >= 0.6 is 22.9 Å². The summed E-state index contributed by atoms with van der Waals surface area (Å²) >= 11 is 7.30. The summed E-state index contributed by atoms with van der Waals surface area (Å²) in [5.41, 5.74) is 1.85. The molecule has 20 heavy (non-hydrogen) atoms. The third-order valence-electron chi connectivity index (χ3n) is 2.90. The smallest absolute Gasteiger partial charge is 0.226 e. The largest absolute Gasteiger partial charge is 0.302 e. The average molecular weight is 309 g/mol. The topological polar surface area (TPSA) is 42.0 Å². The summed E-state index contributed by atoms with van der Waals surface area (Å²) in [4.78, 5) is 16.1. The average Bonchev–Trinajstić information content (AvgIpc) is 2.88. The number of unbranched alkanes of at least 4 members (excludes halogenated alkanes) is 2. The van der Waals surface area contributed by atoms with E-state index >= 15 is 0 Å². The van der Waals surface area contributed by atoms with E-state index < -0.39 is 0 Å². The number of nitrogens with zero attached hydrogens (tertiary/aromatic N) is 1. The zero-order chi connectivity index (χ0) is 14.4. The number of amides is 1. The Kier molecular flexibility index (Phi) is 5.56. The molecule has 1 heterocycles. The van der Waals surface area contributed by atoms with Gasteiger partial charge < -0.3 is 5.32 Å². The van der Waals surface area contributed by atoms with Crippen molar-refractivity contribution < 1.29 is 4.79 Å². The van der Waals surface area contributed by atoms with Gasteiger partial charge in [0, 0.05) is 22.4 Å². The number of carbonyl (C=O) groups is 1. The fourth-order valence-corrected chi connectivity index (χ4v) is 2.66. The van der Waals surface area contributed by atoms with Crippen molar-refractivity contribution in [2.24, 2.45) is 0 Å². The van der Waals surface area contributed by atoms with Crippen molar-refractivity contribution in [3.63, 3.8) is 0 Å². The minimum absolute atomic E-state index is 0.0375. The fourth-order valence-electron chi connectivity index (χ4n) is 1.80. The molecule has 1 amide bonds. The minimum Gasteiger partial charge on any atom is -0.302 e. The van der Waals surface area contributed by atoms with Crippen LogP contribution in [0.25, 0.3) is 11.3 Å². The van der Waals surface area contributed by atoms with Crippen molar-refractivity contribution in [1.29, 1.82) is 0 Å². The van der Waals surface area contributed by atoms with Gasteiger partial charge >= 0.3 is 0 Å². The van der Waals surface area contributed by atoms with Crippen molar-refractivity contribution >= 4 is 34.0 Å². The Morgan fingerprint density at radius 2 is 2.05 bits per heavy atom. The second kappa shape index (κ2) is 7.41. The molecule has 0 fully saturated rings. The highest BCUT2D eigenvalue weighted by atomic mass is 35.5. The predicted molar refractivity (Wildman–Crippen MR) is 85.3 cm³/mol. The predicted octanol–water partition coefficient (Wildman–Crippen LogP) is 4.98. The van der Waals surface area contributed by atoms with Gasteiger partial charge in [-0.3, -0.25) is 4.79 Å². The van der Waals surface area contributed by atoms with Crippen LogP contribution in [0.2, 0.25) is 5.02 Å². The Hall–Kier alpha value is -1.39. The van der Waals surface area contributed by atoms with Crippen molar-refractivity contribution in [2.45, 2.75) is 32.6 Å². The van der Waals surface area contributed by atoms with Crippen LogP contribution in [0, 0.1) is 0 Å². The van der Waals surface area contributed by atoms with Gasteiger partial charge in [0.25, 0.3) is 0 Å². The lowest BCUT2D eigenvalue weighted by atomic mass is 10.2. The Balaban J connectivity index is 1.95. The summed E-state index contributed by atoms with van der Waals surface area (Å²) in [6, 6.07) is 7.51. The Morgan fingerprint density at radius 1 is 1.30 bits per heavy atom. The van der Waals surface area contributed by atoms with Crippen LogP contribution in [-0.2, 0) is 4.79 Å². The standard InChI is InChI=1S/C15H17ClN2OS/c1-2-3-4-5-14(19)18-15-17-13(10-20-15)11-6-8-12(16)9-7-11/h6-10H,2-5H2,1H3,(H,17,18,19). The van der Waals surface area contributed by atoms with E-state index in [9.17, 15) is 4.79 Å². The number of aromatic nitrogens is 1. The van der Waals surface area contributed by atoms with Gasteiger partial charge in [0.1, 0.15) is 0 Å². The number of anilines is 1. The highest BCUT2D eigenvalue weighted by Crippen LogP contribution is 2.26. The van der Waals surface area contributed by atoms with Gasteiger partial charge in [0.2, 0.25) is 5.91 Å². The lowest BCUT2D eigenvalue weighted by Crippen LogP contribution is -2.10. The van der Waals surface area contributed by atoms with Gasteiger partial charge in [-0.15, -0.1) is 11.3 Å². The summed E-state index contributed by atoms with van der Waals surface area (Å²) < 4.78 is 0. The van der Waals surface area contributed by atoms with Crippen LogP contribution in [0.15, 0.2) is 29.6 Å². The van der Waals surface area contributed by atoms with Crippen LogP contribution < -0.4 is 5.32 Å². The van der Waals surface area contributed by atoms with E-state index in [0.29, 0.717) is 16.6 Å². The maximum absolute atomic E-state index is 11.7. The summed E-state index contributed by atoms with van der Waals surface area (Å²) in [6.07, 6.45) is 3.69. The minimum atomic E-state index is 0.0375. The summed E-state index contributed by atoms with van der Waals surface area (Å²) in [7, 11) is 0. The maximum Gasteiger partial charge on any atom is 0.226 e. The molecule has 0 saturated heterocycles. The van der Waals surface area contributed by atoms with Crippen molar-refractivity contribution in [3.05, 3.63) is 34.7 Å². The van der Waals surface area contributed by atoms with Crippen molar-refractivity contribution in [2.75, 3.05) is 5.32 Å². The molecule has 0 atom stereocenters. The molecule has 1 N–H and O–H groups in total. The van der Waals surface area contributed by atoms with E-state index in [1.165, 1.54) is 11.3 Å². The van der Waals surface area contributed by atoms with Gasteiger partial charge in [-0.2, -0.15) is 0 Å². The first-order chi connectivity index (χ1) is 9.69. The first kappa shape index (κ1) is 15.0. The molecule has 106 valence electrons. The molecule has 0 aliphatic carbocycles. The molecule has 0 unspecified atom stereocenters. The lowest BCUT2D eigenvalue weighted by Gasteiger charge is -2.00. The van der Waals surface area contributed by atoms with E-state index in [0.717, 1.165) is 30.5 Å². The Labute approximate surface area is 128 Å². The number of hydrogen-bond acceptors (Lipinski definition) is 3. The normalized spacial score (nSPS) is 10.5. The first-order valence-electron chi connectivity index (χ1n) is 6.70. The maximum atomic E-state index is 11.7. The number of benzene rings is 1. The Morgan fingerprint density at radius 3 is 2.75 bits per heavy atom. The molecular weight excluding hydrogens is 292 g/mol. The van der Waals surface area contributed by atoms with Crippen molar-refractivity contribution in [3.8, 4) is 11.3 Å². The lowest BCUT2D eigenvalue weighted by molar-refractivity contribution is -0.116. The molecule has 1 aromatic carbocycles. The van der Waals surface area contributed by atoms with Gasteiger partial charge in [-0.1, -0.05) is 43.5 Å². The molecule has 0 spiro atoms. The van der Waals surface area contributed by atoms with Gasteiger partial charge in [-0.05, 0) is 18.6 Å². The quantitative estimate of drug-likeness (QED) is 0.764. The van der Waals surface area contributed by atoms with Crippen LogP contribution in [0.5, 0.6) is 0 Å². The molecule has 0 aliphatic heterocycles. The Bertz CT molecular complexity index is 566. The number of halogens is 1. The second-order valence-corrected chi connectivity index (χ2v) is 5.84. The summed E-state index contributed by atoms with van der Waals surface area (Å²) in [5.74, 6) is 0.0375. The van der Waals surface area contributed by atoms with Crippen LogP contribution in [0.4, 0.5) is 5.13 Å². The fraction of sp³-hybridized carbons (Fsp3) is 0.333. The van der Waals surface area contributed by atoms with E-state index in [-0.39, 0.29) is 5.91 Å². The van der Waals surface area contributed by atoms with Crippen LogP contribution in [0.1, 0.15) is 32.6 Å². The third kappa shape index (κ3) is 4.32. The number of thiazole rings is 1. The SMILES string of the molecule is CCCCCC(=O)Nc1nc(-c2ccc(Cl)cc2)cs1. The molecule has 0 radical (unpaired) electrons. The van der Waals surface area contributed by atoms with E-state index in [1.807, 2.05) is 29.6 Å². The van der Waals surface area contributed by atoms with E-state index in [1.54, 1.807) is 0 Å². The van der Waals surface area contributed by atoms with Gasteiger partial charge in [0.05, 0.1) is 5.69 Å². The molecule has 5 heteroatoms. The molecule has 3 nitrogen and oxygen atoms in total. The number of hydrogen-bond donors (Lipinski definition) is 1. The molecule has 0 bridgehead atoms. The monoisotopic (exact) mass is 308 g/mol. The molecule has 2 rings (SSSR count). The summed E-state index contributed by atoms with van der Waals surface area (Å²) in [5, 5.41) is 6.13. The highest BCUT2D eigenvalue weighted by molar-refractivity contribution is 7.14. The molecule has 0 saturated carbocycles. The van der Waals surface area contributed by atoms with Gasteiger partial charge in [0.15, 0.2) is 5.13 Å². The second-order valence-electron chi connectivity index (χ2n) is 4.55. The van der Waals surface area contributed by atoms with Gasteiger partial charge in [-0.25, -0.2) is 4.98 Å². The number of rotatable bonds is 6. The van der Waals surface area contributed by atoms with Crippen LogP contribution in [0.3, 0.4) is 0 Å². The number of carbonyl (C=O) groups excluding carboxylic acids is 1. The van der Waals surface area contributed by atoms with E-state index in [4.69, 9.17) is 11.6 Å². The van der Waals surface area contributed by atoms with Crippen LogP contribution in [-0.4, -0.2) is 10.9 Å². The molecule has 2 aromatic rings. The first-order valence-corrected chi connectivity index (χ1v) is 7.96. The molecular formula is C15H17ClN2OS.